The maximum Gasteiger partial charge on any atom is 0.455 e. The Morgan fingerprint density at radius 3 is 2.23 bits per heavy atom. The van der Waals surface area contributed by atoms with Crippen molar-refractivity contribution in [2.75, 3.05) is 13.7 Å². The van der Waals surface area contributed by atoms with Gasteiger partial charge in [0, 0.05) is 6.04 Å². The molecule has 0 spiro atoms. The molecule has 2 aliphatic heterocycles. The number of likely N-dealkylation sites (tertiary alicyclic amines) is 1. The maximum atomic E-state index is 14.6. The highest BCUT2D eigenvalue weighted by atomic mass is 127. The van der Waals surface area contributed by atoms with Gasteiger partial charge in [0.25, 0.3) is 8.32 Å². The van der Waals surface area contributed by atoms with Crippen LogP contribution in [0.15, 0.2) is 89.5 Å². The summed E-state index contributed by atoms with van der Waals surface area (Å²) in [6, 6.07) is 24.9. The molecular formula is C46H57BINO7Si. The number of nitrogens with zero attached hydrogens (tertiary/aromatic N) is 1. The van der Waals surface area contributed by atoms with E-state index >= 15 is 0 Å². The first-order valence-corrected chi connectivity index (χ1v) is 23.8. The minimum atomic E-state index is -2.96. The summed E-state index contributed by atoms with van der Waals surface area (Å²) in [6.07, 6.45) is 9.41. The van der Waals surface area contributed by atoms with Crippen LogP contribution in [0.3, 0.4) is 0 Å². The second kappa shape index (κ2) is 17.6. The highest BCUT2D eigenvalue weighted by molar-refractivity contribution is 14.1. The number of rotatable bonds is 12. The van der Waals surface area contributed by atoms with Crippen LogP contribution in [-0.2, 0) is 18.7 Å². The molecule has 4 atom stereocenters. The topological polar surface area (TPSA) is 106 Å². The van der Waals surface area contributed by atoms with Crippen molar-refractivity contribution in [1.29, 1.82) is 0 Å². The Morgan fingerprint density at radius 2 is 1.63 bits per heavy atom. The summed E-state index contributed by atoms with van der Waals surface area (Å²) in [7, 11) is -2.46. The molecule has 11 heteroatoms. The minimum absolute atomic E-state index is 0.0495. The van der Waals surface area contributed by atoms with Crippen LogP contribution in [0.1, 0.15) is 91.0 Å². The van der Waals surface area contributed by atoms with Gasteiger partial charge in [-0.2, -0.15) is 0 Å². The summed E-state index contributed by atoms with van der Waals surface area (Å²) < 4.78 is 20.2. The molecule has 7 rings (SSSR count). The number of allylic oxidation sites excluding steroid dienone is 1. The number of aromatic hydroxyl groups is 1. The molecule has 2 amide bonds. The van der Waals surface area contributed by atoms with Gasteiger partial charge in [-0.1, -0.05) is 119 Å². The van der Waals surface area contributed by atoms with Gasteiger partial charge in [-0.05, 0) is 118 Å². The van der Waals surface area contributed by atoms with Crippen molar-refractivity contribution in [3.63, 3.8) is 0 Å². The Hall–Kier alpha value is -3.23. The second-order valence-electron chi connectivity index (χ2n) is 17.4. The van der Waals surface area contributed by atoms with Crippen LogP contribution >= 0.6 is 22.6 Å². The van der Waals surface area contributed by atoms with E-state index in [2.05, 4.69) is 105 Å². The molecule has 0 radical (unpaired) electrons. The standard InChI is InChI=1S/C46H57BINO7Si/c1-6-30(24-31-25-38(48)43(50)40(26-31)54-5)22-23-39-41-32(29-55-57(46(2,3)4,34-18-12-8-13-19-34)35-20-14-9-15-21-35)27-36-42(37(41)28-47(53)56-39)45(52)49(44(36)51)33-16-10-7-11-17-33/h8-9,12-15,18-21,24-26,33,36-37,39,42,50,53H,6-7,10-11,16-17,22-23,27-29H2,1-5H3/b30-24+/t36-,37+,39-,42-/m1/s1. The predicted molar refractivity (Wildman–Crippen MR) is 237 cm³/mol. The van der Waals surface area contributed by atoms with Crippen LogP contribution in [-0.4, -0.2) is 68.1 Å². The normalized spacial score (nSPS) is 23.5. The summed E-state index contributed by atoms with van der Waals surface area (Å²) in [6.45, 7) is 9.24. The van der Waals surface area contributed by atoms with Crippen LogP contribution in [0.4, 0.5) is 0 Å². The minimum Gasteiger partial charge on any atom is -0.504 e. The smallest absolute Gasteiger partial charge is 0.455 e. The van der Waals surface area contributed by atoms with E-state index in [1.54, 1.807) is 12.0 Å². The molecule has 2 heterocycles. The number of carbonyl (C=O) groups excluding carboxylic acids is 2. The number of hydrogen-bond acceptors (Lipinski definition) is 7. The first-order valence-electron chi connectivity index (χ1n) is 20.8. The van der Waals surface area contributed by atoms with Gasteiger partial charge >= 0.3 is 7.12 Å². The second-order valence-corrected chi connectivity index (χ2v) is 22.8. The van der Waals surface area contributed by atoms with E-state index in [0.717, 1.165) is 55.2 Å². The number of ether oxygens (including phenoxy) is 1. The number of phenolic OH excluding ortho intramolecular Hbond substituents is 1. The molecule has 57 heavy (non-hydrogen) atoms. The fraction of sp³-hybridized carbons (Fsp3) is 0.478. The third-order valence-electron chi connectivity index (χ3n) is 13.0. The number of methoxy groups -OCH3 is 1. The molecule has 2 saturated heterocycles. The predicted octanol–water partition coefficient (Wildman–Crippen LogP) is 8.29. The summed E-state index contributed by atoms with van der Waals surface area (Å²) in [5.41, 5.74) is 4.21. The quantitative estimate of drug-likeness (QED) is 0.0817. The molecule has 0 unspecified atom stereocenters. The van der Waals surface area contributed by atoms with Gasteiger partial charge < -0.3 is 23.9 Å². The molecule has 3 fully saturated rings. The lowest BCUT2D eigenvalue weighted by Gasteiger charge is -2.46. The van der Waals surface area contributed by atoms with Gasteiger partial charge in [-0.25, -0.2) is 0 Å². The molecule has 2 aliphatic carbocycles. The molecule has 0 aromatic heterocycles. The van der Waals surface area contributed by atoms with E-state index in [0.29, 0.717) is 35.2 Å². The molecule has 4 aliphatic rings. The highest BCUT2D eigenvalue weighted by Crippen LogP contribution is 2.52. The molecule has 3 aromatic rings. The molecule has 2 N–H and O–H groups in total. The third kappa shape index (κ3) is 8.20. The third-order valence-corrected chi connectivity index (χ3v) is 18.8. The monoisotopic (exact) mass is 901 g/mol. The fourth-order valence-corrected chi connectivity index (χ4v) is 15.5. The van der Waals surface area contributed by atoms with E-state index in [9.17, 15) is 19.7 Å². The molecule has 0 bridgehead atoms. The summed E-state index contributed by atoms with van der Waals surface area (Å²) in [5, 5.41) is 24.0. The number of benzene rings is 3. The van der Waals surface area contributed by atoms with Gasteiger partial charge in [0.2, 0.25) is 11.8 Å². The Labute approximate surface area is 353 Å². The SMILES string of the molecule is CC/C(=C\c1cc(I)c(O)c(OC)c1)CC[C@H]1OB(O)C[C@H]2C1=C(CO[Si](c1ccccc1)(c1ccccc1)C(C)(C)C)C[C@H]1C(=O)N(C3CCCCC3)C(=O)[C@H]12. The van der Waals surface area contributed by atoms with Crippen molar-refractivity contribution in [3.05, 3.63) is 98.6 Å². The van der Waals surface area contributed by atoms with Gasteiger partial charge in [0.15, 0.2) is 11.5 Å². The Balaban J connectivity index is 1.29. The maximum absolute atomic E-state index is 14.6. The Bertz CT molecular complexity index is 1950. The summed E-state index contributed by atoms with van der Waals surface area (Å²) in [4.78, 5) is 30.7. The summed E-state index contributed by atoms with van der Waals surface area (Å²) in [5.74, 6) is -0.875. The van der Waals surface area contributed by atoms with Crippen molar-refractivity contribution in [2.45, 2.75) is 109 Å². The lowest BCUT2D eigenvalue weighted by molar-refractivity contribution is -0.143. The van der Waals surface area contributed by atoms with Crippen LogP contribution in [0, 0.1) is 21.3 Å². The fourth-order valence-electron chi connectivity index (χ4n) is 10.3. The van der Waals surface area contributed by atoms with Gasteiger partial charge in [0.05, 0.1) is 35.2 Å². The van der Waals surface area contributed by atoms with E-state index in [-0.39, 0.29) is 40.9 Å². The van der Waals surface area contributed by atoms with Gasteiger partial charge in [-0.3, -0.25) is 14.5 Å². The van der Waals surface area contributed by atoms with E-state index < -0.39 is 33.4 Å². The number of fused-ring (bicyclic) bond motifs is 3. The van der Waals surface area contributed by atoms with E-state index in [1.807, 2.05) is 24.3 Å². The van der Waals surface area contributed by atoms with E-state index in [4.69, 9.17) is 13.8 Å². The first-order chi connectivity index (χ1) is 27.4. The molecule has 3 aromatic carbocycles. The van der Waals surface area contributed by atoms with Crippen LogP contribution in [0.5, 0.6) is 11.5 Å². The molecule has 8 nitrogen and oxygen atoms in total. The number of imide groups is 1. The highest BCUT2D eigenvalue weighted by Gasteiger charge is 2.59. The number of amides is 2. The van der Waals surface area contributed by atoms with Crippen LogP contribution in [0.2, 0.25) is 11.4 Å². The van der Waals surface area contributed by atoms with Crippen LogP contribution in [0.25, 0.3) is 6.08 Å². The number of carbonyl (C=O) groups is 2. The first kappa shape index (κ1) is 41.9. The zero-order valence-electron chi connectivity index (χ0n) is 34.0. The van der Waals surface area contributed by atoms with Crippen molar-refractivity contribution in [1.82, 2.24) is 4.90 Å². The average molecular weight is 902 g/mol. The summed E-state index contributed by atoms with van der Waals surface area (Å²) >= 11 is 2.12. The molecule has 302 valence electrons. The number of hydrogen-bond donors (Lipinski definition) is 2. The van der Waals surface area contributed by atoms with E-state index in [1.165, 1.54) is 15.9 Å². The van der Waals surface area contributed by atoms with Crippen molar-refractivity contribution < 1.29 is 33.5 Å². The zero-order chi connectivity index (χ0) is 40.5. The van der Waals surface area contributed by atoms with Gasteiger partial charge in [-0.15, -0.1) is 0 Å². The molecule has 1 saturated carbocycles. The lowest BCUT2D eigenvalue weighted by atomic mass is 9.58. The van der Waals surface area contributed by atoms with Crippen LogP contribution < -0.4 is 15.1 Å². The number of phenols is 1. The average Bonchev–Trinajstić information content (AvgIpc) is 3.46. The van der Waals surface area contributed by atoms with Crippen molar-refractivity contribution in [2.24, 2.45) is 17.8 Å². The Morgan fingerprint density at radius 1 is 0.982 bits per heavy atom. The van der Waals surface area contributed by atoms with Crippen molar-refractivity contribution >= 4 is 66.3 Å². The zero-order valence-corrected chi connectivity index (χ0v) is 37.2. The lowest BCUT2D eigenvalue weighted by Crippen LogP contribution is -2.66. The largest absolute Gasteiger partial charge is 0.504 e. The van der Waals surface area contributed by atoms with Crippen molar-refractivity contribution in [3.8, 4) is 11.5 Å². The molecular weight excluding hydrogens is 844 g/mol. The Kier molecular flexibility index (Phi) is 12.9. The number of halogens is 1. The van der Waals surface area contributed by atoms with Gasteiger partial charge in [0.1, 0.15) is 0 Å².